The van der Waals surface area contributed by atoms with Gasteiger partial charge in [0.25, 0.3) is 0 Å². The number of hydrogen-bond acceptors (Lipinski definition) is 3. The number of rotatable bonds is 0. The zero-order chi connectivity index (χ0) is 6.85. The lowest BCUT2D eigenvalue weighted by molar-refractivity contribution is -0.114. The van der Waals surface area contributed by atoms with Gasteiger partial charge in [-0.2, -0.15) is 0 Å². The molecular weight excluding hydrogens is 118 g/mol. The van der Waals surface area contributed by atoms with E-state index in [0.29, 0.717) is 5.57 Å². The van der Waals surface area contributed by atoms with Crippen LogP contribution in [0, 0.1) is 0 Å². The van der Waals surface area contributed by atoms with Gasteiger partial charge in [0.2, 0.25) is 0 Å². The fourth-order valence-electron chi connectivity index (χ4n) is 0.573. The highest BCUT2D eigenvalue weighted by atomic mass is 16.3. The van der Waals surface area contributed by atoms with E-state index < -0.39 is 0 Å². The average molecular weight is 125 g/mol. The summed E-state index contributed by atoms with van der Waals surface area (Å²) in [4.78, 5) is 14.3. The maximum atomic E-state index is 10.7. The van der Waals surface area contributed by atoms with Gasteiger partial charge in [0.15, 0.2) is 5.78 Å². The third kappa shape index (κ3) is 0.988. The van der Waals surface area contributed by atoms with Crippen molar-refractivity contribution in [3.63, 3.8) is 0 Å². The van der Waals surface area contributed by atoms with Crippen molar-refractivity contribution in [2.75, 3.05) is 6.54 Å². The lowest BCUT2D eigenvalue weighted by Gasteiger charge is -2.03. The number of ketones is 1. The number of aliphatic imine (C=N–C) groups is 1. The van der Waals surface area contributed by atoms with Crippen molar-refractivity contribution in [2.45, 2.75) is 6.92 Å². The number of nitrogens with zero attached hydrogens (tertiary/aromatic N) is 1. The van der Waals surface area contributed by atoms with E-state index in [-0.39, 0.29) is 18.1 Å². The van der Waals surface area contributed by atoms with Crippen LogP contribution in [0.2, 0.25) is 0 Å². The summed E-state index contributed by atoms with van der Waals surface area (Å²) in [5, 5.41) is 8.86. The summed E-state index contributed by atoms with van der Waals surface area (Å²) in [5.74, 6) is -0.110. The summed E-state index contributed by atoms with van der Waals surface area (Å²) in [6, 6.07) is 0. The average Bonchev–Trinajstić information content (AvgIpc) is 1.83. The van der Waals surface area contributed by atoms with E-state index in [0.717, 1.165) is 0 Å². The van der Waals surface area contributed by atoms with Gasteiger partial charge < -0.3 is 5.11 Å². The molecule has 0 saturated carbocycles. The van der Waals surface area contributed by atoms with Crippen molar-refractivity contribution in [1.29, 1.82) is 0 Å². The minimum absolute atomic E-state index is 0.00810. The van der Waals surface area contributed by atoms with Gasteiger partial charge >= 0.3 is 0 Å². The first-order chi connectivity index (χ1) is 4.22. The Hall–Kier alpha value is -1.12. The maximum Gasteiger partial charge on any atom is 0.183 e. The molecule has 0 aromatic carbocycles. The van der Waals surface area contributed by atoms with Gasteiger partial charge in [-0.05, 0) is 6.92 Å². The SMILES string of the molecule is CC1=C(O)C=NCC1=O. The van der Waals surface area contributed by atoms with Crippen molar-refractivity contribution in [3.8, 4) is 0 Å². The van der Waals surface area contributed by atoms with Crippen LogP contribution in [0.1, 0.15) is 6.92 Å². The van der Waals surface area contributed by atoms with Crippen molar-refractivity contribution >= 4 is 12.0 Å². The second kappa shape index (κ2) is 2.01. The first-order valence-electron chi connectivity index (χ1n) is 2.64. The lowest BCUT2D eigenvalue weighted by atomic mass is 10.1. The summed E-state index contributed by atoms with van der Waals surface area (Å²) in [6.45, 7) is 1.76. The Kier molecular flexibility index (Phi) is 1.34. The highest BCUT2D eigenvalue weighted by Gasteiger charge is 2.11. The predicted octanol–water partition coefficient (Wildman–Crippen LogP) is 0.472. The number of dihydropyridines is 1. The minimum Gasteiger partial charge on any atom is -0.506 e. The molecular formula is C6H7NO2. The van der Waals surface area contributed by atoms with Crippen LogP contribution < -0.4 is 0 Å². The normalized spacial score (nSPS) is 19.0. The molecule has 0 aliphatic carbocycles. The summed E-state index contributed by atoms with van der Waals surface area (Å²) < 4.78 is 0. The van der Waals surface area contributed by atoms with Crippen LogP contribution in [0.15, 0.2) is 16.3 Å². The zero-order valence-corrected chi connectivity index (χ0v) is 5.09. The second-order valence-electron chi connectivity index (χ2n) is 1.90. The number of allylic oxidation sites excluding steroid dienone is 1. The molecule has 0 bridgehead atoms. The van der Waals surface area contributed by atoms with Gasteiger partial charge in [-0.25, -0.2) is 0 Å². The Morgan fingerprint density at radius 1 is 1.78 bits per heavy atom. The first kappa shape index (κ1) is 6.01. The number of Topliss-reactive ketones (excluding diaryl/α,β-unsaturated/α-hetero) is 1. The summed E-state index contributed by atoms with van der Waals surface area (Å²) >= 11 is 0. The van der Waals surface area contributed by atoms with E-state index >= 15 is 0 Å². The molecule has 48 valence electrons. The molecule has 1 rings (SSSR count). The molecule has 3 heteroatoms. The highest BCUT2D eigenvalue weighted by Crippen LogP contribution is 2.04. The van der Waals surface area contributed by atoms with Gasteiger partial charge in [0.05, 0.1) is 6.21 Å². The van der Waals surface area contributed by atoms with Crippen molar-refractivity contribution in [1.82, 2.24) is 0 Å². The van der Waals surface area contributed by atoms with Gasteiger partial charge in [0, 0.05) is 5.57 Å². The van der Waals surface area contributed by atoms with Gasteiger partial charge in [0.1, 0.15) is 12.3 Å². The molecule has 0 saturated heterocycles. The fraction of sp³-hybridized carbons (Fsp3) is 0.333. The lowest BCUT2D eigenvalue weighted by Crippen LogP contribution is -2.12. The molecule has 0 aromatic heterocycles. The van der Waals surface area contributed by atoms with Crippen LogP contribution in [0.3, 0.4) is 0 Å². The van der Waals surface area contributed by atoms with E-state index in [1.165, 1.54) is 6.21 Å². The fourth-order valence-corrected chi connectivity index (χ4v) is 0.573. The maximum absolute atomic E-state index is 10.7. The van der Waals surface area contributed by atoms with Crippen LogP contribution in [-0.2, 0) is 4.79 Å². The van der Waals surface area contributed by atoms with Crippen LogP contribution in [0.4, 0.5) is 0 Å². The summed E-state index contributed by atoms with van der Waals surface area (Å²) in [5.41, 5.74) is 0.407. The second-order valence-corrected chi connectivity index (χ2v) is 1.90. The molecule has 1 N–H and O–H groups in total. The third-order valence-electron chi connectivity index (χ3n) is 1.25. The molecule has 0 unspecified atom stereocenters. The van der Waals surface area contributed by atoms with Crippen LogP contribution in [0.25, 0.3) is 0 Å². The van der Waals surface area contributed by atoms with Gasteiger partial charge in [-0.1, -0.05) is 0 Å². The van der Waals surface area contributed by atoms with Gasteiger partial charge in [-0.3, -0.25) is 9.79 Å². The number of hydrogen-bond donors (Lipinski definition) is 1. The molecule has 1 aliphatic heterocycles. The summed E-state index contributed by atoms with van der Waals surface area (Å²) in [6.07, 6.45) is 1.30. The first-order valence-corrected chi connectivity index (χ1v) is 2.64. The minimum atomic E-state index is -0.102. The standard InChI is InChI=1S/C6H7NO2/c1-4-5(8)2-7-3-6(4)9/h2,8H,3H2,1H3. The van der Waals surface area contributed by atoms with Crippen molar-refractivity contribution in [3.05, 3.63) is 11.3 Å². The molecule has 3 nitrogen and oxygen atoms in total. The zero-order valence-electron chi connectivity index (χ0n) is 5.09. The Labute approximate surface area is 52.7 Å². The monoisotopic (exact) mass is 125 g/mol. The number of carbonyl (C=O) groups is 1. The van der Waals surface area contributed by atoms with E-state index in [1.54, 1.807) is 6.92 Å². The molecule has 1 heterocycles. The van der Waals surface area contributed by atoms with Crippen LogP contribution >= 0.6 is 0 Å². The number of aliphatic hydroxyl groups excluding tert-OH is 1. The molecule has 1 aliphatic rings. The van der Waals surface area contributed by atoms with Crippen LogP contribution in [-0.4, -0.2) is 23.6 Å². The van der Waals surface area contributed by atoms with Crippen molar-refractivity contribution < 1.29 is 9.90 Å². The molecule has 0 fully saturated rings. The molecule has 0 atom stereocenters. The number of carbonyl (C=O) groups excluding carboxylic acids is 1. The Balaban J connectivity index is 2.97. The Morgan fingerprint density at radius 3 is 2.89 bits per heavy atom. The quantitative estimate of drug-likeness (QED) is 0.511. The van der Waals surface area contributed by atoms with Crippen molar-refractivity contribution in [2.24, 2.45) is 4.99 Å². The summed E-state index contributed by atoms with van der Waals surface area (Å²) in [7, 11) is 0. The third-order valence-corrected chi connectivity index (χ3v) is 1.25. The number of aliphatic hydroxyl groups is 1. The van der Waals surface area contributed by atoms with E-state index in [2.05, 4.69) is 4.99 Å². The van der Waals surface area contributed by atoms with E-state index in [1.807, 2.05) is 0 Å². The Morgan fingerprint density at radius 2 is 2.44 bits per heavy atom. The van der Waals surface area contributed by atoms with Crippen LogP contribution in [0.5, 0.6) is 0 Å². The molecule has 0 amide bonds. The molecule has 9 heavy (non-hydrogen) atoms. The largest absolute Gasteiger partial charge is 0.506 e. The highest BCUT2D eigenvalue weighted by molar-refractivity contribution is 6.04. The molecule has 0 aromatic rings. The molecule has 0 spiro atoms. The topological polar surface area (TPSA) is 49.7 Å². The van der Waals surface area contributed by atoms with E-state index in [4.69, 9.17) is 5.11 Å². The predicted molar refractivity (Wildman–Crippen MR) is 33.7 cm³/mol. The van der Waals surface area contributed by atoms with E-state index in [9.17, 15) is 4.79 Å². The smallest absolute Gasteiger partial charge is 0.183 e. The molecule has 0 radical (unpaired) electrons. The van der Waals surface area contributed by atoms with Gasteiger partial charge in [-0.15, -0.1) is 0 Å². The Bertz CT molecular complexity index is 203.